The summed E-state index contributed by atoms with van der Waals surface area (Å²) in [7, 11) is 0. The second-order valence-corrected chi connectivity index (χ2v) is 7.11. The molecule has 1 aromatic carbocycles. The number of benzene rings is 1. The second kappa shape index (κ2) is 7.77. The first-order valence-electron chi connectivity index (χ1n) is 7.94. The lowest BCUT2D eigenvalue weighted by Crippen LogP contribution is -2.44. The van der Waals surface area contributed by atoms with E-state index in [0.717, 1.165) is 15.8 Å². The minimum Gasteiger partial charge on any atom is -0.458 e. The molecule has 1 fully saturated rings. The van der Waals surface area contributed by atoms with Crippen molar-refractivity contribution in [2.45, 2.75) is 25.1 Å². The van der Waals surface area contributed by atoms with Gasteiger partial charge in [-0.05, 0) is 59.7 Å². The number of carbonyl (C=O) groups is 1. The molecule has 0 aliphatic carbocycles. The lowest BCUT2D eigenvalue weighted by atomic mass is 10.1. The van der Waals surface area contributed by atoms with Gasteiger partial charge in [-0.25, -0.2) is 4.98 Å². The highest BCUT2D eigenvalue weighted by atomic mass is 127. The number of aromatic nitrogens is 2. The van der Waals surface area contributed by atoms with Crippen molar-refractivity contribution in [3.8, 4) is 6.01 Å². The largest absolute Gasteiger partial charge is 0.458 e. The Morgan fingerprint density at radius 1 is 1.31 bits per heavy atom. The van der Waals surface area contributed by atoms with Crippen LogP contribution in [0.3, 0.4) is 0 Å². The fraction of sp³-hybridized carbons (Fsp3) is 0.353. The van der Waals surface area contributed by atoms with Gasteiger partial charge in [-0.2, -0.15) is 18.2 Å². The molecule has 1 aliphatic rings. The first kappa shape index (κ1) is 18.9. The predicted molar refractivity (Wildman–Crippen MR) is 95.7 cm³/mol. The maximum absolute atomic E-state index is 12.7. The fourth-order valence-corrected chi connectivity index (χ4v) is 3.27. The number of halogens is 4. The van der Waals surface area contributed by atoms with E-state index in [1.54, 1.807) is 17.0 Å². The van der Waals surface area contributed by atoms with Gasteiger partial charge in [0, 0.05) is 21.9 Å². The number of piperidine rings is 1. The Bertz CT molecular complexity index is 801. The van der Waals surface area contributed by atoms with E-state index in [-0.39, 0.29) is 18.5 Å². The van der Waals surface area contributed by atoms with Crippen LogP contribution in [0.15, 0.2) is 36.5 Å². The lowest BCUT2D eigenvalue weighted by Gasteiger charge is -2.32. The molecular weight excluding hydrogens is 462 g/mol. The molecule has 9 heteroatoms. The molecule has 2 heterocycles. The summed E-state index contributed by atoms with van der Waals surface area (Å²) in [6.45, 7) is 0.859. The second-order valence-electron chi connectivity index (χ2n) is 5.87. The Hall–Kier alpha value is -1.91. The topological polar surface area (TPSA) is 55.3 Å². The summed E-state index contributed by atoms with van der Waals surface area (Å²) in [6.07, 6.45) is -2.67. The Kier molecular flexibility index (Phi) is 5.64. The summed E-state index contributed by atoms with van der Waals surface area (Å²) in [5.41, 5.74) is -0.474. The number of likely N-dealkylation sites (tertiary alicyclic amines) is 1. The normalized spacial score (nSPS) is 17.8. The van der Waals surface area contributed by atoms with Crippen LogP contribution >= 0.6 is 22.6 Å². The maximum Gasteiger partial charge on any atom is 0.433 e. The average Bonchev–Trinajstić information content (AvgIpc) is 2.61. The van der Waals surface area contributed by atoms with Crippen LogP contribution in [0, 0.1) is 3.57 Å². The molecule has 0 spiro atoms. The number of rotatable bonds is 3. The number of nitrogens with zero attached hydrogens (tertiary/aromatic N) is 3. The molecule has 1 unspecified atom stereocenters. The smallest absolute Gasteiger partial charge is 0.433 e. The number of amides is 1. The van der Waals surface area contributed by atoms with E-state index >= 15 is 0 Å². The van der Waals surface area contributed by atoms with Gasteiger partial charge in [-0.1, -0.05) is 6.07 Å². The van der Waals surface area contributed by atoms with Crippen LogP contribution in [0.1, 0.15) is 28.9 Å². The monoisotopic (exact) mass is 477 g/mol. The van der Waals surface area contributed by atoms with E-state index in [4.69, 9.17) is 4.74 Å². The van der Waals surface area contributed by atoms with Crippen molar-refractivity contribution >= 4 is 28.5 Å². The van der Waals surface area contributed by atoms with Crippen LogP contribution in [0.5, 0.6) is 6.01 Å². The molecule has 138 valence electrons. The van der Waals surface area contributed by atoms with Crippen molar-refractivity contribution in [1.29, 1.82) is 0 Å². The van der Waals surface area contributed by atoms with Crippen molar-refractivity contribution in [2.24, 2.45) is 0 Å². The molecular formula is C17H15F3IN3O2. The van der Waals surface area contributed by atoms with E-state index in [2.05, 4.69) is 32.6 Å². The van der Waals surface area contributed by atoms with Crippen LogP contribution in [0.4, 0.5) is 13.2 Å². The highest BCUT2D eigenvalue weighted by molar-refractivity contribution is 14.1. The van der Waals surface area contributed by atoms with Crippen molar-refractivity contribution < 1.29 is 22.7 Å². The van der Waals surface area contributed by atoms with E-state index in [1.807, 2.05) is 12.1 Å². The number of alkyl halides is 3. The molecule has 1 saturated heterocycles. The van der Waals surface area contributed by atoms with Gasteiger partial charge in [0.15, 0.2) is 5.69 Å². The van der Waals surface area contributed by atoms with Gasteiger partial charge in [-0.15, -0.1) is 0 Å². The van der Waals surface area contributed by atoms with Gasteiger partial charge in [0.25, 0.3) is 5.91 Å². The van der Waals surface area contributed by atoms with Gasteiger partial charge in [0.2, 0.25) is 0 Å². The summed E-state index contributed by atoms with van der Waals surface area (Å²) in [6, 6.07) is 7.70. The molecule has 0 saturated carbocycles. The number of carbonyl (C=O) groups excluding carboxylic acids is 1. The zero-order chi connectivity index (χ0) is 18.7. The van der Waals surface area contributed by atoms with Gasteiger partial charge in [-0.3, -0.25) is 4.79 Å². The summed E-state index contributed by atoms with van der Waals surface area (Å²) in [4.78, 5) is 21.4. The van der Waals surface area contributed by atoms with E-state index in [1.165, 1.54) is 0 Å². The zero-order valence-electron chi connectivity index (χ0n) is 13.5. The molecule has 1 amide bonds. The third-order valence-electron chi connectivity index (χ3n) is 3.93. The summed E-state index contributed by atoms with van der Waals surface area (Å²) >= 11 is 2.13. The summed E-state index contributed by atoms with van der Waals surface area (Å²) in [5, 5.41) is 0. The Balaban J connectivity index is 1.68. The number of hydrogen-bond donors (Lipinski definition) is 0. The molecule has 0 bridgehead atoms. The Morgan fingerprint density at radius 3 is 2.85 bits per heavy atom. The van der Waals surface area contributed by atoms with Crippen LogP contribution < -0.4 is 4.74 Å². The fourth-order valence-electron chi connectivity index (χ4n) is 2.73. The SMILES string of the molecule is O=C(c1cccc(I)c1)N1CCCC(Oc2nccc(C(F)(F)F)n2)C1. The van der Waals surface area contributed by atoms with Gasteiger partial charge in [0.05, 0.1) is 6.54 Å². The zero-order valence-corrected chi connectivity index (χ0v) is 15.7. The quantitative estimate of drug-likeness (QED) is 0.632. The molecule has 1 aliphatic heterocycles. The minimum atomic E-state index is -4.56. The van der Waals surface area contributed by atoms with Gasteiger partial charge < -0.3 is 9.64 Å². The molecule has 3 rings (SSSR count). The highest BCUT2D eigenvalue weighted by Crippen LogP contribution is 2.28. The third kappa shape index (κ3) is 4.63. The van der Waals surface area contributed by atoms with Gasteiger partial charge >= 0.3 is 12.2 Å². The van der Waals surface area contributed by atoms with Crippen LogP contribution in [-0.4, -0.2) is 40.0 Å². The van der Waals surface area contributed by atoms with Crippen molar-refractivity contribution in [1.82, 2.24) is 14.9 Å². The third-order valence-corrected chi connectivity index (χ3v) is 4.60. The molecule has 0 N–H and O–H groups in total. The van der Waals surface area contributed by atoms with Crippen molar-refractivity contribution in [3.63, 3.8) is 0 Å². The van der Waals surface area contributed by atoms with Crippen LogP contribution in [-0.2, 0) is 6.18 Å². The molecule has 5 nitrogen and oxygen atoms in total. The average molecular weight is 477 g/mol. The minimum absolute atomic E-state index is 0.123. The number of ether oxygens (including phenoxy) is 1. The van der Waals surface area contributed by atoms with E-state index in [9.17, 15) is 18.0 Å². The summed E-state index contributed by atoms with van der Waals surface area (Å²) in [5.74, 6) is -0.123. The first-order valence-corrected chi connectivity index (χ1v) is 9.02. The summed E-state index contributed by atoms with van der Waals surface area (Å²) < 4.78 is 44.7. The first-order chi connectivity index (χ1) is 12.3. The predicted octanol–water partition coefficient (Wildman–Crippen LogP) is 3.78. The van der Waals surface area contributed by atoms with Crippen LogP contribution in [0.25, 0.3) is 0 Å². The molecule has 1 aromatic heterocycles. The Morgan fingerprint density at radius 2 is 2.12 bits per heavy atom. The standard InChI is InChI=1S/C17H15F3IN3O2/c18-17(19,20)14-6-7-22-16(23-14)26-13-5-2-8-24(10-13)15(25)11-3-1-4-12(21)9-11/h1,3-4,6-7,9,13H,2,5,8,10H2. The Labute approximate surface area is 161 Å². The maximum atomic E-state index is 12.7. The van der Waals surface area contributed by atoms with Crippen molar-refractivity contribution in [3.05, 3.63) is 51.4 Å². The number of hydrogen-bond acceptors (Lipinski definition) is 4. The highest BCUT2D eigenvalue weighted by Gasteiger charge is 2.33. The molecule has 2 aromatic rings. The lowest BCUT2D eigenvalue weighted by molar-refractivity contribution is -0.141. The van der Waals surface area contributed by atoms with E-state index < -0.39 is 18.0 Å². The molecule has 0 radical (unpaired) electrons. The molecule has 1 atom stereocenters. The molecule has 26 heavy (non-hydrogen) atoms. The van der Waals surface area contributed by atoms with E-state index in [0.29, 0.717) is 24.9 Å². The van der Waals surface area contributed by atoms with Gasteiger partial charge in [0.1, 0.15) is 6.10 Å². The van der Waals surface area contributed by atoms with Crippen molar-refractivity contribution in [2.75, 3.05) is 13.1 Å². The van der Waals surface area contributed by atoms with Crippen LogP contribution in [0.2, 0.25) is 0 Å².